The third-order valence-corrected chi connectivity index (χ3v) is 7.93. The van der Waals surface area contributed by atoms with Crippen LogP contribution in [0, 0.1) is 17.7 Å². The number of amides is 1. The summed E-state index contributed by atoms with van der Waals surface area (Å²) in [4.78, 5) is 20.4. The highest BCUT2D eigenvalue weighted by Gasteiger charge is 2.45. The maximum Gasteiger partial charge on any atom is 0.274 e. The summed E-state index contributed by atoms with van der Waals surface area (Å²) >= 11 is 5.86. The highest BCUT2D eigenvalue weighted by atomic mass is 35.5. The molecule has 5 rings (SSSR count). The number of anilines is 1. The number of aryl methyl sites for hydroxylation is 1. The number of fused-ring (bicyclic) bond motifs is 1. The average Bonchev–Trinajstić information content (AvgIpc) is 3.44. The van der Waals surface area contributed by atoms with Gasteiger partial charge in [-0.3, -0.25) is 4.79 Å². The first-order valence-electron chi connectivity index (χ1n) is 11.5. The fraction of sp³-hybridized carbons (Fsp3) is 0.583. The molecule has 7 heteroatoms. The first-order valence-corrected chi connectivity index (χ1v) is 11.9. The normalized spacial score (nSPS) is 28.6. The summed E-state index contributed by atoms with van der Waals surface area (Å²) in [6, 6.07) is 4.98. The van der Waals surface area contributed by atoms with E-state index in [0.29, 0.717) is 17.3 Å². The maximum absolute atomic E-state index is 13.4. The Morgan fingerprint density at radius 1 is 1.13 bits per heavy atom. The molecule has 2 heterocycles. The molecule has 1 aromatic heterocycles. The number of halogens is 2. The van der Waals surface area contributed by atoms with Gasteiger partial charge in [0.25, 0.3) is 5.91 Å². The quantitative estimate of drug-likeness (QED) is 0.703. The van der Waals surface area contributed by atoms with E-state index < -0.39 is 5.82 Å². The Bertz CT molecular complexity index is 956. The van der Waals surface area contributed by atoms with Crippen LogP contribution in [0.2, 0.25) is 5.02 Å². The standard InChI is InChI=1S/C24H30ClFN4O/c1-29-14-27-22(23(29)24(31)28-18-5-6-21(26)20(25)13-18)17-9-15-11-19(12-16(15)10-17)30-7-3-2-4-8-30/h5-6,13-17,19H,2-4,7-12H2,1H3,(H,28,31). The molecule has 166 valence electrons. The van der Waals surface area contributed by atoms with Gasteiger partial charge in [0, 0.05) is 24.7 Å². The molecule has 31 heavy (non-hydrogen) atoms. The van der Waals surface area contributed by atoms with Crippen LogP contribution < -0.4 is 5.32 Å². The van der Waals surface area contributed by atoms with Crippen LogP contribution in [0.5, 0.6) is 0 Å². The molecule has 0 spiro atoms. The van der Waals surface area contributed by atoms with E-state index in [2.05, 4.69) is 15.2 Å². The molecular weight excluding hydrogens is 415 g/mol. The maximum atomic E-state index is 13.4. The summed E-state index contributed by atoms with van der Waals surface area (Å²) in [6.07, 6.45) is 10.6. The third-order valence-electron chi connectivity index (χ3n) is 7.64. The van der Waals surface area contributed by atoms with E-state index in [0.717, 1.165) is 36.4 Å². The van der Waals surface area contributed by atoms with E-state index >= 15 is 0 Å². The van der Waals surface area contributed by atoms with Gasteiger partial charge in [0.05, 0.1) is 17.0 Å². The van der Waals surface area contributed by atoms with Crippen LogP contribution in [0.4, 0.5) is 10.1 Å². The Kier molecular flexibility index (Phi) is 5.78. The molecule has 1 N–H and O–H groups in total. The van der Waals surface area contributed by atoms with Gasteiger partial charge in [-0.1, -0.05) is 18.0 Å². The summed E-state index contributed by atoms with van der Waals surface area (Å²) in [5, 5.41) is 2.86. The minimum atomic E-state index is -0.499. The van der Waals surface area contributed by atoms with Crippen LogP contribution in [0.3, 0.4) is 0 Å². The zero-order valence-electron chi connectivity index (χ0n) is 18.0. The lowest BCUT2D eigenvalue weighted by atomic mass is 9.96. The van der Waals surface area contributed by atoms with E-state index in [1.54, 1.807) is 10.9 Å². The Morgan fingerprint density at radius 3 is 2.52 bits per heavy atom. The molecule has 3 fully saturated rings. The molecule has 1 aromatic carbocycles. The lowest BCUT2D eigenvalue weighted by Gasteiger charge is -2.33. The number of nitrogens with zero attached hydrogens (tertiary/aromatic N) is 3. The second kappa shape index (κ2) is 8.55. The lowest BCUT2D eigenvalue weighted by molar-refractivity contribution is 0.101. The Labute approximate surface area is 188 Å². The van der Waals surface area contributed by atoms with E-state index in [1.807, 2.05) is 7.05 Å². The molecule has 5 nitrogen and oxygen atoms in total. The topological polar surface area (TPSA) is 50.2 Å². The van der Waals surface area contributed by atoms with Crippen molar-refractivity contribution in [2.75, 3.05) is 18.4 Å². The number of likely N-dealkylation sites (tertiary alicyclic amines) is 1. The van der Waals surface area contributed by atoms with Crippen molar-refractivity contribution in [3.8, 4) is 0 Å². The van der Waals surface area contributed by atoms with Gasteiger partial charge in [0.2, 0.25) is 0 Å². The lowest BCUT2D eigenvalue weighted by Crippen LogP contribution is -2.38. The van der Waals surface area contributed by atoms with Crippen molar-refractivity contribution >= 4 is 23.2 Å². The molecule has 2 saturated carbocycles. The zero-order valence-corrected chi connectivity index (χ0v) is 18.7. The van der Waals surface area contributed by atoms with Crippen LogP contribution in [-0.4, -0.2) is 39.5 Å². The molecule has 3 aliphatic rings. The molecule has 2 aliphatic carbocycles. The molecule has 2 atom stereocenters. The number of rotatable bonds is 4. The third kappa shape index (κ3) is 4.12. The van der Waals surface area contributed by atoms with E-state index in [1.165, 1.54) is 63.4 Å². The molecule has 1 aliphatic heterocycles. The largest absolute Gasteiger partial charge is 0.329 e. The molecular formula is C24H30ClFN4O. The van der Waals surface area contributed by atoms with Crippen molar-refractivity contribution in [1.29, 1.82) is 0 Å². The smallest absolute Gasteiger partial charge is 0.274 e. The van der Waals surface area contributed by atoms with Gasteiger partial charge in [-0.25, -0.2) is 9.37 Å². The number of nitrogens with one attached hydrogen (secondary N) is 1. The predicted molar refractivity (Wildman–Crippen MR) is 120 cm³/mol. The molecule has 1 saturated heterocycles. The first kappa shape index (κ1) is 21.0. The molecule has 2 aromatic rings. The average molecular weight is 445 g/mol. The van der Waals surface area contributed by atoms with Crippen molar-refractivity contribution in [3.63, 3.8) is 0 Å². The van der Waals surface area contributed by atoms with Gasteiger partial charge in [0.15, 0.2) is 0 Å². The monoisotopic (exact) mass is 444 g/mol. The number of benzene rings is 1. The zero-order chi connectivity index (χ0) is 21.5. The van der Waals surface area contributed by atoms with Gasteiger partial charge in [0.1, 0.15) is 11.5 Å². The Hall–Kier alpha value is -1.92. The summed E-state index contributed by atoms with van der Waals surface area (Å²) in [5.41, 5.74) is 1.98. The summed E-state index contributed by atoms with van der Waals surface area (Å²) in [5.74, 6) is 1.09. The Morgan fingerprint density at radius 2 is 1.84 bits per heavy atom. The Balaban J connectivity index is 1.27. The van der Waals surface area contributed by atoms with Gasteiger partial charge in [-0.2, -0.15) is 0 Å². The van der Waals surface area contributed by atoms with Gasteiger partial charge >= 0.3 is 0 Å². The van der Waals surface area contributed by atoms with Gasteiger partial charge < -0.3 is 14.8 Å². The second-order valence-corrected chi connectivity index (χ2v) is 9.99. The number of imidazole rings is 1. The number of carbonyl (C=O) groups is 1. The van der Waals surface area contributed by atoms with Crippen molar-refractivity contribution in [2.45, 2.75) is 56.9 Å². The van der Waals surface area contributed by atoms with Gasteiger partial charge in [-0.05, 0) is 81.6 Å². The highest BCUT2D eigenvalue weighted by Crippen LogP contribution is 2.52. The SMILES string of the molecule is Cn1cnc(C2CC3CC(N4CCCCC4)CC3C2)c1C(=O)Nc1ccc(F)c(Cl)c1. The fourth-order valence-electron chi connectivity index (χ4n) is 6.18. The molecule has 0 radical (unpaired) electrons. The number of aromatic nitrogens is 2. The van der Waals surface area contributed by atoms with Crippen LogP contribution in [-0.2, 0) is 7.05 Å². The van der Waals surface area contributed by atoms with Gasteiger partial charge in [-0.15, -0.1) is 0 Å². The number of hydrogen-bond donors (Lipinski definition) is 1. The predicted octanol–water partition coefficient (Wildman–Crippen LogP) is 5.22. The van der Waals surface area contributed by atoms with E-state index in [-0.39, 0.29) is 10.9 Å². The summed E-state index contributed by atoms with van der Waals surface area (Å²) in [6.45, 7) is 2.54. The van der Waals surface area contributed by atoms with Crippen molar-refractivity contribution in [1.82, 2.24) is 14.5 Å². The first-order chi connectivity index (χ1) is 15.0. The fourth-order valence-corrected chi connectivity index (χ4v) is 6.36. The van der Waals surface area contributed by atoms with Crippen molar-refractivity contribution in [2.24, 2.45) is 18.9 Å². The highest BCUT2D eigenvalue weighted by molar-refractivity contribution is 6.31. The minimum Gasteiger partial charge on any atom is -0.329 e. The van der Waals surface area contributed by atoms with Crippen LogP contribution >= 0.6 is 11.6 Å². The minimum absolute atomic E-state index is 0.00472. The number of piperidine rings is 1. The van der Waals surface area contributed by atoms with Crippen LogP contribution in [0.25, 0.3) is 0 Å². The summed E-state index contributed by atoms with van der Waals surface area (Å²) in [7, 11) is 1.85. The summed E-state index contributed by atoms with van der Waals surface area (Å²) < 4.78 is 15.2. The van der Waals surface area contributed by atoms with E-state index in [9.17, 15) is 9.18 Å². The molecule has 1 amide bonds. The number of carbonyl (C=O) groups excluding carboxylic acids is 1. The van der Waals surface area contributed by atoms with E-state index in [4.69, 9.17) is 11.6 Å². The van der Waals surface area contributed by atoms with Crippen molar-refractivity contribution in [3.05, 3.63) is 46.8 Å². The van der Waals surface area contributed by atoms with Crippen LogP contribution in [0.15, 0.2) is 24.5 Å². The van der Waals surface area contributed by atoms with Crippen molar-refractivity contribution < 1.29 is 9.18 Å². The molecule has 0 bridgehead atoms. The second-order valence-electron chi connectivity index (χ2n) is 9.58. The number of hydrogen-bond acceptors (Lipinski definition) is 3. The molecule has 2 unspecified atom stereocenters. The van der Waals surface area contributed by atoms with Crippen LogP contribution in [0.1, 0.15) is 67.0 Å².